The second-order valence-corrected chi connectivity index (χ2v) is 6.26. The first-order valence-electron chi connectivity index (χ1n) is 9.14. The van der Waals surface area contributed by atoms with E-state index >= 15 is 0 Å². The van der Waals surface area contributed by atoms with Crippen molar-refractivity contribution in [3.63, 3.8) is 0 Å². The molecular formula is C24H26O2. The third-order valence-corrected chi connectivity index (χ3v) is 4.20. The fourth-order valence-corrected chi connectivity index (χ4v) is 2.73. The lowest BCUT2D eigenvalue weighted by Gasteiger charge is -2.37. The van der Waals surface area contributed by atoms with Crippen molar-refractivity contribution in [2.45, 2.75) is 50.7 Å². The van der Waals surface area contributed by atoms with Crippen LogP contribution in [0.15, 0.2) is 60.7 Å². The predicted molar refractivity (Wildman–Crippen MR) is 106 cm³/mol. The Morgan fingerprint density at radius 2 is 1.00 bits per heavy atom. The van der Waals surface area contributed by atoms with E-state index in [1.807, 2.05) is 50.2 Å². The Labute approximate surface area is 156 Å². The van der Waals surface area contributed by atoms with E-state index < -0.39 is 11.2 Å². The van der Waals surface area contributed by atoms with E-state index in [2.05, 4.69) is 23.7 Å². The summed E-state index contributed by atoms with van der Waals surface area (Å²) in [5.41, 5.74) is -2.60. The lowest BCUT2D eigenvalue weighted by molar-refractivity contribution is -0.0890. The second-order valence-electron chi connectivity index (χ2n) is 6.26. The van der Waals surface area contributed by atoms with Crippen molar-refractivity contribution in [1.82, 2.24) is 0 Å². The molecule has 0 radical (unpaired) electrons. The Bertz CT molecular complexity index is 734. The van der Waals surface area contributed by atoms with E-state index in [4.69, 9.17) is 0 Å². The average Bonchev–Trinajstić information content (AvgIpc) is 2.69. The van der Waals surface area contributed by atoms with Crippen molar-refractivity contribution < 1.29 is 10.2 Å². The highest BCUT2D eigenvalue weighted by Gasteiger charge is 2.50. The van der Waals surface area contributed by atoms with Crippen LogP contribution >= 0.6 is 0 Å². The molecule has 0 aliphatic carbocycles. The maximum atomic E-state index is 11.7. The highest BCUT2D eigenvalue weighted by atomic mass is 16.4. The summed E-state index contributed by atoms with van der Waals surface area (Å²) in [6.45, 7) is 4.06. The second kappa shape index (κ2) is 9.25. The van der Waals surface area contributed by atoms with Crippen LogP contribution in [0.3, 0.4) is 0 Å². The van der Waals surface area contributed by atoms with Gasteiger partial charge < -0.3 is 10.2 Å². The van der Waals surface area contributed by atoms with Gasteiger partial charge in [-0.05, 0) is 12.8 Å². The minimum absolute atomic E-state index is 0.528. The summed E-state index contributed by atoms with van der Waals surface area (Å²) in [6.07, 6.45) is 3.04. The molecule has 2 unspecified atom stereocenters. The fraction of sp³-hybridized carbons (Fsp3) is 0.333. The van der Waals surface area contributed by atoms with Crippen LogP contribution in [0.1, 0.15) is 50.7 Å². The van der Waals surface area contributed by atoms with Crippen LogP contribution in [0, 0.1) is 23.7 Å². The van der Waals surface area contributed by atoms with Crippen LogP contribution in [0.2, 0.25) is 0 Å². The molecule has 2 aromatic rings. The zero-order valence-electron chi connectivity index (χ0n) is 15.5. The Kier molecular flexibility index (Phi) is 7.05. The van der Waals surface area contributed by atoms with E-state index in [9.17, 15) is 10.2 Å². The zero-order chi connectivity index (χ0) is 18.9. The van der Waals surface area contributed by atoms with Crippen molar-refractivity contribution in [2.24, 2.45) is 0 Å². The largest absolute Gasteiger partial charge is 0.370 e. The van der Waals surface area contributed by atoms with Gasteiger partial charge in [-0.1, -0.05) is 98.2 Å². The molecule has 0 spiro atoms. The first kappa shape index (κ1) is 19.8. The number of hydrogen-bond acceptors (Lipinski definition) is 2. The summed E-state index contributed by atoms with van der Waals surface area (Å²) in [5.74, 6) is 11.9. The van der Waals surface area contributed by atoms with Gasteiger partial charge in [0.2, 0.25) is 0 Å². The molecule has 0 aromatic heterocycles. The van der Waals surface area contributed by atoms with E-state index in [1.54, 1.807) is 24.3 Å². The quantitative estimate of drug-likeness (QED) is 0.789. The standard InChI is InChI=1S/C24H26O2/c1-3-5-13-19-23(25,21-15-9-7-10-16-21)24(26,20-14-6-4-2)22-17-11-8-12-18-22/h7-12,15-18,25-26H,3-6H2,1-2H3. The minimum atomic E-state index is -1.83. The van der Waals surface area contributed by atoms with Gasteiger partial charge in [0, 0.05) is 24.0 Å². The molecule has 0 fully saturated rings. The van der Waals surface area contributed by atoms with Crippen molar-refractivity contribution in [3.8, 4) is 23.7 Å². The molecule has 0 saturated heterocycles. The van der Waals surface area contributed by atoms with Gasteiger partial charge in [0.1, 0.15) is 0 Å². The highest BCUT2D eigenvalue weighted by molar-refractivity contribution is 5.47. The number of aliphatic hydroxyl groups is 2. The summed E-state index contributed by atoms with van der Waals surface area (Å²) < 4.78 is 0. The molecule has 0 aliphatic rings. The van der Waals surface area contributed by atoms with Crippen LogP contribution in [0.5, 0.6) is 0 Å². The minimum Gasteiger partial charge on any atom is -0.370 e. The molecule has 26 heavy (non-hydrogen) atoms. The number of hydrogen-bond donors (Lipinski definition) is 2. The molecular weight excluding hydrogens is 320 g/mol. The maximum absolute atomic E-state index is 11.7. The Balaban J connectivity index is 2.71. The molecule has 0 aliphatic heterocycles. The highest BCUT2D eigenvalue weighted by Crippen LogP contribution is 2.40. The van der Waals surface area contributed by atoms with Gasteiger partial charge in [0.15, 0.2) is 11.2 Å². The molecule has 2 atom stereocenters. The van der Waals surface area contributed by atoms with Crippen molar-refractivity contribution in [2.75, 3.05) is 0 Å². The summed E-state index contributed by atoms with van der Waals surface area (Å²) in [5, 5.41) is 23.3. The van der Waals surface area contributed by atoms with Crippen LogP contribution in [-0.4, -0.2) is 10.2 Å². The van der Waals surface area contributed by atoms with Crippen LogP contribution in [-0.2, 0) is 11.2 Å². The fourth-order valence-electron chi connectivity index (χ4n) is 2.73. The van der Waals surface area contributed by atoms with Crippen LogP contribution in [0.4, 0.5) is 0 Å². The Morgan fingerprint density at radius 1 is 0.654 bits per heavy atom. The molecule has 134 valence electrons. The predicted octanol–water partition coefficient (Wildman–Crippen LogP) is 4.37. The first-order chi connectivity index (χ1) is 12.6. The third-order valence-electron chi connectivity index (χ3n) is 4.20. The molecule has 0 bridgehead atoms. The van der Waals surface area contributed by atoms with Gasteiger partial charge in [-0.15, -0.1) is 0 Å². The molecule has 0 heterocycles. The summed E-state index contributed by atoms with van der Waals surface area (Å²) in [4.78, 5) is 0. The number of benzene rings is 2. The molecule has 2 nitrogen and oxygen atoms in total. The monoisotopic (exact) mass is 346 g/mol. The molecule has 2 rings (SSSR count). The van der Waals surface area contributed by atoms with Gasteiger partial charge in [0.25, 0.3) is 0 Å². The van der Waals surface area contributed by atoms with Gasteiger partial charge in [-0.25, -0.2) is 0 Å². The molecule has 0 saturated carbocycles. The van der Waals surface area contributed by atoms with E-state index in [0.717, 1.165) is 12.8 Å². The van der Waals surface area contributed by atoms with E-state index in [-0.39, 0.29) is 0 Å². The SMILES string of the molecule is CCCC#CC(O)(c1ccccc1)C(O)(C#CCCC)c1ccccc1. The average molecular weight is 346 g/mol. The van der Waals surface area contributed by atoms with Crippen LogP contribution < -0.4 is 0 Å². The Morgan fingerprint density at radius 3 is 1.31 bits per heavy atom. The topological polar surface area (TPSA) is 40.5 Å². The van der Waals surface area contributed by atoms with Gasteiger partial charge in [0.05, 0.1) is 0 Å². The summed E-state index contributed by atoms with van der Waals surface area (Å²) in [6, 6.07) is 18.1. The van der Waals surface area contributed by atoms with Crippen molar-refractivity contribution in [1.29, 1.82) is 0 Å². The first-order valence-corrected chi connectivity index (χ1v) is 9.14. The lowest BCUT2D eigenvalue weighted by atomic mass is 9.74. The summed E-state index contributed by atoms with van der Waals surface area (Å²) >= 11 is 0. The molecule has 2 aromatic carbocycles. The van der Waals surface area contributed by atoms with E-state index in [1.165, 1.54) is 0 Å². The van der Waals surface area contributed by atoms with E-state index in [0.29, 0.717) is 24.0 Å². The normalized spacial score (nSPS) is 14.8. The number of unbranched alkanes of at least 4 members (excludes halogenated alkanes) is 2. The molecule has 2 N–H and O–H groups in total. The smallest absolute Gasteiger partial charge is 0.195 e. The molecule has 0 amide bonds. The zero-order valence-corrected chi connectivity index (χ0v) is 15.5. The van der Waals surface area contributed by atoms with Crippen LogP contribution in [0.25, 0.3) is 0 Å². The lowest BCUT2D eigenvalue weighted by Crippen LogP contribution is -2.48. The number of rotatable bonds is 5. The van der Waals surface area contributed by atoms with Gasteiger partial charge >= 0.3 is 0 Å². The van der Waals surface area contributed by atoms with Crippen molar-refractivity contribution >= 4 is 0 Å². The maximum Gasteiger partial charge on any atom is 0.195 e. The Hall–Kier alpha value is -2.52. The van der Waals surface area contributed by atoms with Gasteiger partial charge in [-0.3, -0.25) is 0 Å². The van der Waals surface area contributed by atoms with Gasteiger partial charge in [-0.2, -0.15) is 0 Å². The molecule has 2 heteroatoms. The third kappa shape index (κ3) is 4.17. The van der Waals surface area contributed by atoms with Crippen molar-refractivity contribution in [3.05, 3.63) is 71.8 Å². The summed E-state index contributed by atoms with van der Waals surface area (Å²) in [7, 11) is 0.